The lowest BCUT2D eigenvalue weighted by molar-refractivity contribution is 0.0567. The molecule has 0 bridgehead atoms. The van der Waals surface area contributed by atoms with Gasteiger partial charge in [-0.15, -0.1) is 11.8 Å². The van der Waals surface area contributed by atoms with Crippen LogP contribution < -0.4 is 14.4 Å². The third-order valence-corrected chi connectivity index (χ3v) is 9.06. The van der Waals surface area contributed by atoms with Gasteiger partial charge in [-0.2, -0.15) is 0 Å². The Hall–Kier alpha value is -3.69. The maximum atomic E-state index is 13.1. The van der Waals surface area contributed by atoms with Crippen LogP contribution in [0.4, 0.5) is 14.9 Å². The van der Waals surface area contributed by atoms with Gasteiger partial charge in [-0.25, -0.2) is 4.79 Å². The highest BCUT2D eigenvalue weighted by Crippen LogP contribution is 2.47. The Morgan fingerprint density at radius 1 is 1.07 bits per heavy atom. The summed E-state index contributed by atoms with van der Waals surface area (Å²) in [5.74, 6) is 2.38. The Balaban J connectivity index is 1.34. The first-order chi connectivity index (χ1) is 21.2. The summed E-state index contributed by atoms with van der Waals surface area (Å²) in [7, 11) is 0. The number of rotatable bonds is 7. The lowest BCUT2D eigenvalue weighted by atomic mass is 9.89. The van der Waals surface area contributed by atoms with Crippen molar-refractivity contribution in [1.82, 2.24) is 4.90 Å². The monoisotopic (exact) mass is 618 g/mol. The number of anilines is 1. The summed E-state index contributed by atoms with van der Waals surface area (Å²) in [6, 6.07) is 19.7. The number of halogens is 1. The standard InChI is InChI=1S/C35H39FN2O5S/c1-35(2,3)43-34(40)38-17-18-41-31-12-7-24(19-30(31)38)29-22-44-32-20-25(39)8-11-28(32)33(29)23-5-9-26(10-6-23)42-27-13-16-37(21-27)15-4-14-36/h5-12,19-20,27,39H,4,13-18,21-22H2,1-3H3/t27-/m0/s1. The Bertz CT molecular complexity index is 1550. The fourth-order valence-corrected chi connectivity index (χ4v) is 7.10. The molecule has 3 aromatic rings. The van der Waals surface area contributed by atoms with Crippen molar-refractivity contribution >= 4 is 34.7 Å². The number of alkyl halides is 1. The third kappa shape index (κ3) is 6.69. The van der Waals surface area contributed by atoms with Crippen LogP contribution in [0.1, 0.15) is 50.3 Å². The number of carbonyl (C=O) groups excluding carboxylic acids is 1. The van der Waals surface area contributed by atoms with Gasteiger partial charge in [0.2, 0.25) is 0 Å². The molecule has 7 nitrogen and oxygen atoms in total. The van der Waals surface area contributed by atoms with Crippen LogP contribution in [0.2, 0.25) is 0 Å². The summed E-state index contributed by atoms with van der Waals surface area (Å²) in [4.78, 5) is 18.1. The van der Waals surface area contributed by atoms with Crippen LogP contribution in [-0.4, -0.2) is 73.0 Å². The number of phenolic OH excluding ortho intramolecular Hbond substituents is 1. The maximum Gasteiger partial charge on any atom is 0.415 e. The summed E-state index contributed by atoms with van der Waals surface area (Å²) in [5.41, 5.74) is 5.35. The fraction of sp³-hybridized carbons (Fsp3) is 0.400. The van der Waals surface area contributed by atoms with E-state index < -0.39 is 11.7 Å². The SMILES string of the molecule is CC(C)(C)OC(=O)N1CCOc2ccc(C3=C(c4ccc(O[C@H]5CCN(CCCF)C5)cc4)c4ccc(O)cc4SC3)cc21. The molecule has 232 valence electrons. The molecule has 1 fully saturated rings. The molecule has 44 heavy (non-hydrogen) atoms. The largest absolute Gasteiger partial charge is 0.508 e. The van der Waals surface area contributed by atoms with Gasteiger partial charge < -0.3 is 19.3 Å². The van der Waals surface area contributed by atoms with Gasteiger partial charge >= 0.3 is 6.09 Å². The minimum absolute atomic E-state index is 0.0932. The summed E-state index contributed by atoms with van der Waals surface area (Å²) in [6.07, 6.45) is 1.19. The first kappa shape index (κ1) is 30.3. The van der Waals surface area contributed by atoms with Crippen LogP contribution in [0.5, 0.6) is 17.2 Å². The number of nitrogens with zero attached hydrogens (tertiary/aromatic N) is 2. The minimum Gasteiger partial charge on any atom is -0.508 e. The number of benzene rings is 3. The van der Waals surface area contributed by atoms with E-state index in [1.807, 2.05) is 63.2 Å². The molecule has 3 aliphatic rings. The van der Waals surface area contributed by atoms with Crippen LogP contribution in [0.25, 0.3) is 11.1 Å². The predicted molar refractivity (Wildman–Crippen MR) is 173 cm³/mol. The second-order valence-corrected chi connectivity index (χ2v) is 13.4. The molecular weight excluding hydrogens is 579 g/mol. The van der Waals surface area contributed by atoms with E-state index in [-0.39, 0.29) is 18.5 Å². The van der Waals surface area contributed by atoms with Crippen LogP contribution in [-0.2, 0) is 4.74 Å². The lowest BCUT2D eigenvalue weighted by Gasteiger charge is -2.32. The Morgan fingerprint density at radius 3 is 2.64 bits per heavy atom. The molecule has 0 unspecified atom stereocenters. The van der Waals surface area contributed by atoms with Gasteiger partial charge in [0.1, 0.15) is 35.6 Å². The van der Waals surface area contributed by atoms with Gasteiger partial charge in [0.05, 0.1) is 18.9 Å². The van der Waals surface area contributed by atoms with Crippen molar-refractivity contribution in [3.63, 3.8) is 0 Å². The van der Waals surface area contributed by atoms with Crippen molar-refractivity contribution in [3.8, 4) is 17.2 Å². The number of hydrogen-bond donors (Lipinski definition) is 1. The normalized spacial score (nSPS) is 18.5. The van der Waals surface area contributed by atoms with Gasteiger partial charge in [-0.05, 0) is 104 Å². The molecule has 0 aromatic heterocycles. The Morgan fingerprint density at radius 2 is 1.86 bits per heavy atom. The lowest BCUT2D eigenvalue weighted by Crippen LogP contribution is -2.41. The number of phenols is 1. The summed E-state index contributed by atoms with van der Waals surface area (Å²) >= 11 is 1.68. The molecular formula is C35H39FN2O5S. The number of hydrogen-bond acceptors (Lipinski definition) is 7. The van der Waals surface area contributed by atoms with E-state index in [2.05, 4.69) is 17.0 Å². The first-order valence-electron chi connectivity index (χ1n) is 15.2. The molecule has 0 spiro atoms. The highest BCUT2D eigenvalue weighted by molar-refractivity contribution is 7.99. The van der Waals surface area contributed by atoms with E-state index in [4.69, 9.17) is 14.2 Å². The van der Waals surface area contributed by atoms with Crippen molar-refractivity contribution in [1.29, 1.82) is 0 Å². The van der Waals surface area contributed by atoms with Crippen LogP contribution in [0, 0.1) is 0 Å². The highest BCUT2D eigenvalue weighted by atomic mass is 32.2. The molecule has 1 amide bonds. The summed E-state index contributed by atoms with van der Waals surface area (Å²) in [6.45, 7) is 8.62. The maximum absolute atomic E-state index is 13.1. The van der Waals surface area contributed by atoms with E-state index in [1.54, 1.807) is 22.7 Å². The van der Waals surface area contributed by atoms with Crippen LogP contribution >= 0.6 is 11.8 Å². The van der Waals surface area contributed by atoms with Crippen molar-refractivity contribution < 1.29 is 28.5 Å². The zero-order valence-electron chi connectivity index (χ0n) is 25.5. The zero-order valence-corrected chi connectivity index (χ0v) is 26.3. The van der Waals surface area contributed by atoms with Crippen molar-refractivity contribution in [2.45, 2.75) is 50.2 Å². The van der Waals surface area contributed by atoms with Gasteiger partial charge in [0, 0.05) is 30.3 Å². The first-order valence-corrected chi connectivity index (χ1v) is 16.2. The topological polar surface area (TPSA) is 71.5 Å². The molecule has 3 aromatic carbocycles. The molecule has 9 heteroatoms. The average Bonchev–Trinajstić information content (AvgIpc) is 3.45. The highest BCUT2D eigenvalue weighted by Gasteiger charge is 2.30. The van der Waals surface area contributed by atoms with Gasteiger partial charge in [0.15, 0.2) is 0 Å². The van der Waals surface area contributed by atoms with E-state index >= 15 is 0 Å². The molecule has 0 aliphatic carbocycles. The molecule has 3 heterocycles. The van der Waals surface area contributed by atoms with Gasteiger partial charge in [-0.1, -0.05) is 18.2 Å². The van der Waals surface area contributed by atoms with Crippen LogP contribution in [0.3, 0.4) is 0 Å². The summed E-state index contributed by atoms with van der Waals surface area (Å²) < 4.78 is 30.5. The van der Waals surface area contributed by atoms with Crippen molar-refractivity contribution in [2.75, 3.05) is 50.1 Å². The number of fused-ring (bicyclic) bond motifs is 2. The molecule has 1 saturated heterocycles. The summed E-state index contributed by atoms with van der Waals surface area (Å²) in [5, 5.41) is 10.2. The predicted octanol–water partition coefficient (Wildman–Crippen LogP) is 7.40. The molecule has 1 atom stereocenters. The fourth-order valence-electron chi connectivity index (χ4n) is 5.96. The second-order valence-electron chi connectivity index (χ2n) is 12.4. The molecule has 1 N–H and O–H groups in total. The number of ether oxygens (including phenoxy) is 3. The Kier molecular flexibility index (Phi) is 8.78. The number of carbonyl (C=O) groups is 1. The minimum atomic E-state index is -0.611. The molecule has 0 radical (unpaired) electrons. The third-order valence-electron chi connectivity index (χ3n) is 7.98. The molecule has 3 aliphatic heterocycles. The van der Waals surface area contributed by atoms with Gasteiger partial charge in [-0.3, -0.25) is 14.2 Å². The number of amides is 1. The van der Waals surface area contributed by atoms with E-state index in [0.717, 1.165) is 64.5 Å². The van der Waals surface area contributed by atoms with Crippen LogP contribution in [0.15, 0.2) is 65.6 Å². The van der Waals surface area contributed by atoms with Crippen molar-refractivity contribution in [3.05, 3.63) is 77.4 Å². The van der Waals surface area contributed by atoms with E-state index in [9.17, 15) is 14.3 Å². The zero-order chi connectivity index (χ0) is 30.8. The smallest absolute Gasteiger partial charge is 0.415 e. The molecule has 6 rings (SSSR count). The van der Waals surface area contributed by atoms with Gasteiger partial charge in [0.25, 0.3) is 0 Å². The Labute approximate surface area is 262 Å². The number of likely N-dealkylation sites (tertiary alicyclic amines) is 1. The average molecular weight is 619 g/mol. The van der Waals surface area contributed by atoms with E-state index in [1.165, 1.54) is 0 Å². The number of aromatic hydroxyl groups is 1. The number of thioether (sulfide) groups is 1. The second kappa shape index (κ2) is 12.7. The quantitative estimate of drug-likeness (QED) is 0.296. The molecule has 0 saturated carbocycles. The van der Waals surface area contributed by atoms with E-state index in [0.29, 0.717) is 36.8 Å². The van der Waals surface area contributed by atoms with Crippen molar-refractivity contribution in [2.24, 2.45) is 0 Å².